The smallest absolute Gasteiger partial charge is 0.314 e. The summed E-state index contributed by atoms with van der Waals surface area (Å²) >= 11 is 13.7. The standard InChI is InChI=1S/C27H31Br2ClN4O3/c28-20-12-19-2-1-18-13-21(30)14-22(29)24(18)25(26(19)34(37)15-20)17-5-9-32(10-6-17)23(35)11-16-3-7-33(8-4-16)27(31)36/h12-17,25H,1-11H2,(H2,31,36). The molecule has 0 bridgehead atoms. The molecule has 1 atom stereocenters. The molecule has 10 heteroatoms. The van der Waals surface area contributed by atoms with E-state index in [2.05, 4.69) is 37.9 Å². The maximum Gasteiger partial charge on any atom is 0.314 e. The Labute approximate surface area is 239 Å². The Morgan fingerprint density at radius 1 is 1.00 bits per heavy atom. The molecule has 1 aromatic heterocycles. The number of carbonyl (C=O) groups excluding carboxylic acids is 2. The zero-order valence-corrected chi connectivity index (χ0v) is 24.5. The predicted molar refractivity (Wildman–Crippen MR) is 149 cm³/mol. The lowest BCUT2D eigenvalue weighted by Crippen LogP contribution is -2.44. The quantitative estimate of drug-likeness (QED) is 0.367. The zero-order valence-electron chi connectivity index (χ0n) is 20.6. The Balaban J connectivity index is 1.34. The molecule has 3 amide bonds. The Morgan fingerprint density at radius 2 is 1.65 bits per heavy atom. The number of hydrogen-bond donors (Lipinski definition) is 1. The third-order valence-corrected chi connectivity index (χ3v) is 9.63. The molecule has 0 saturated carbocycles. The number of hydrogen-bond acceptors (Lipinski definition) is 3. The molecule has 2 fully saturated rings. The number of carbonyl (C=O) groups is 2. The van der Waals surface area contributed by atoms with Gasteiger partial charge in [0.1, 0.15) is 0 Å². The number of nitrogens with zero attached hydrogens (tertiary/aromatic N) is 3. The van der Waals surface area contributed by atoms with E-state index in [9.17, 15) is 14.8 Å². The van der Waals surface area contributed by atoms with E-state index < -0.39 is 0 Å². The second-order valence-electron chi connectivity index (χ2n) is 10.5. The molecule has 5 rings (SSSR count). The van der Waals surface area contributed by atoms with Gasteiger partial charge in [0.2, 0.25) is 11.6 Å². The summed E-state index contributed by atoms with van der Waals surface area (Å²) in [4.78, 5) is 28.2. The summed E-state index contributed by atoms with van der Waals surface area (Å²) in [5, 5.41) is 14.0. The van der Waals surface area contributed by atoms with Crippen LogP contribution in [0.1, 0.15) is 60.4 Å². The van der Waals surface area contributed by atoms with Crippen molar-refractivity contribution in [2.75, 3.05) is 26.2 Å². The number of likely N-dealkylation sites (tertiary alicyclic amines) is 2. The van der Waals surface area contributed by atoms with Crippen molar-refractivity contribution in [3.63, 3.8) is 0 Å². The van der Waals surface area contributed by atoms with Gasteiger partial charge in [-0.15, -0.1) is 0 Å². The van der Waals surface area contributed by atoms with Gasteiger partial charge >= 0.3 is 6.03 Å². The lowest BCUT2D eigenvalue weighted by atomic mass is 9.76. The zero-order chi connectivity index (χ0) is 26.3. The number of nitrogens with two attached hydrogens (primary N) is 1. The molecule has 2 N–H and O–H groups in total. The third-order valence-electron chi connectivity index (χ3n) is 8.32. The molecule has 3 aliphatic rings. The molecule has 2 aliphatic heterocycles. The Bertz CT molecular complexity index is 1150. The van der Waals surface area contributed by atoms with Gasteiger partial charge in [0.15, 0.2) is 6.20 Å². The van der Waals surface area contributed by atoms with Gasteiger partial charge in [-0.25, -0.2) is 4.79 Å². The number of pyridine rings is 1. The van der Waals surface area contributed by atoms with Crippen molar-refractivity contribution in [1.29, 1.82) is 0 Å². The summed E-state index contributed by atoms with van der Waals surface area (Å²) in [7, 11) is 0. The molecule has 0 spiro atoms. The first-order chi connectivity index (χ1) is 17.7. The van der Waals surface area contributed by atoms with E-state index in [1.807, 2.05) is 17.0 Å². The molecule has 2 saturated heterocycles. The summed E-state index contributed by atoms with van der Waals surface area (Å²) < 4.78 is 2.76. The van der Waals surface area contributed by atoms with Gasteiger partial charge in [-0.2, -0.15) is 4.73 Å². The number of amides is 3. The normalized spacial score (nSPS) is 20.8. The van der Waals surface area contributed by atoms with E-state index in [-0.39, 0.29) is 23.8 Å². The van der Waals surface area contributed by atoms with Gasteiger partial charge in [0.25, 0.3) is 0 Å². The van der Waals surface area contributed by atoms with E-state index in [1.54, 1.807) is 11.1 Å². The molecule has 37 heavy (non-hydrogen) atoms. The van der Waals surface area contributed by atoms with Crippen LogP contribution in [0.25, 0.3) is 0 Å². The average molecular weight is 655 g/mol. The van der Waals surface area contributed by atoms with Crippen LogP contribution in [0.5, 0.6) is 0 Å². The minimum absolute atomic E-state index is 0.0693. The van der Waals surface area contributed by atoms with Crippen LogP contribution >= 0.6 is 43.5 Å². The van der Waals surface area contributed by atoms with E-state index in [0.29, 0.717) is 43.5 Å². The fourth-order valence-corrected chi connectivity index (χ4v) is 7.99. The van der Waals surface area contributed by atoms with Crippen LogP contribution in [0.3, 0.4) is 0 Å². The van der Waals surface area contributed by atoms with Crippen LogP contribution in [0, 0.1) is 17.0 Å². The third kappa shape index (κ3) is 5.64. The Morgan fingerprint density at radius 3 is 2.32 bits per heavy atom. The van der Waals surface area contributed by atoms with E-state index in [0.717, 1.165) is 69.0 Å². The van der Waals surface area contributed by atoms with Crippen LogP contribution in [0.15, 0.2) is 33.3 Å². The number of primary amides is 1. The molecular weight excluding hydrogens is 624 g/mol. The monoisotopic (exact) mass is 652 g/mol. The van der Waals surface area contributed by atoms with Gasteiger partial charge in [-0.3, -0.25) is 4.79 Å². The summed E-state index contributed by atoms with van der Waals surface area (Å²) in [6.07, 6.45) is 7.02. The maximum absolute atomic E-state index is 13.3. The van der Waals surface area contributed by atoms with Gasteiger partial charge in [0.05, 0.1) is 10.4 Å². The second-order valence-corrected chi connectivity index (χ2v) is 12.7. The summed E-state index contributed by atoms with van der Waals surface area (Å²) in [6, 6.07) is 5.65. The van der Waals surface area contributed by atoms with Crippen molar-refractivity contribution in [1.82, 2.24) is 9.80 Å². The molecule has 3 heterocycles. The van der Waals surface area contributed by atoms with Gasteiger partial charge in [-0.1, -0.05) is 27.5 Å². The number of aryl methyl sites for hydroxylation is 2. The van der Waals surface area contributed by atoms with Crippen molar-refractivity contribution >= 4 is 55.4 Å². The highest BCUT2D eigenvalue weighted by atomic mass is 79.9. The molecule has 1 aromatic carbocycles. The molecule has 7 nitrogen and oxygen atoms in total. The fourth-order valence-electron chi connectivity index (χ4n) is 6.41. The highest BCUT2D eigenvalue weighted by Crippen LogP contribution is 2.45. The maximum atomic E-state index is 13.3. The van der Waals surface area contributed by atoms with Gasteiger partial charge in [-0.05, 0) is 95.6 Å². The van der Waals surface area contributed by atoms with Gasteiger partial charge in [0, 0.05) is 47.7 Å². The summed E-state index contributed by atoms with van der Waals surface area (Å²) in [5.74, 6) is 0.644. The summed E-state index contributed by atoms with van der Waals surface area (Å²) in [5.41, 5.74) is 9.60. The number of halogens is 3. The first-order valence-electron chi connectivity index (χ1n) is 12.9. The molecule has 0 radical (unpaired) electrons. The van der Waals surface area contributed by atoms with Crippen molar-refractivity contribution in [2.24, 2.45) is 17.6 Å². The molecule has 198 valence electrons. The van der Waals surface area contributed by atoms with Crippen molar-refractivity contribution < 1.29 is 14.3 Å². The number of urea groups is 1. The predicted octanol–water partition coefficient (Wildman–Crippen LogP) is 5.15. The van der Waals surface area contributed by atoms with Crippen LogP contribution in [0.4, 0.5) is 4.79 Å². The van der Waals surface area contributed by atoms with E-state index in [4.69, 9.17) is 17.3 Å². The highest BCUT2D eigenvalue weighted by molar-refractivity contribution is 9.10. The number of aromatic nitrogens is 1. The molecule has 1 aliphatic carbocycles. The largest absolute Gasteiger partial charge is 0.618 e. The van der Waals surface area contributed by atoms with Crippen LogP contribution in [0.2, 0.25) is 5.02 Å². The number of benzene rings is 1. The van der Waals surface area contributed by atoms with Crippen LogP contribution in [-0.2, 0) is 17.6 Å². The lowest BCUT2D eigenvalue weighted by molar-refractivity contribution is -0.616. The van der Waals surface area contributed by atoms with Crippen molar-refractivity contribution in [3.8, 4) is 0 Å². The number of rotatable bonds is 3. The average Bonchev–Trinajstić information content (AvgIpc) is 3.02. The lowest BCUT2D eigenvalue weighted by Gasteiger charge is -2.37. The van der Waals surface area contributed by atoms with Crippen molar-refractivity contribution in [3.05, 3.63) is 66.0 Å². The minimum Gasteiger partial charge on any atom is -0.618 e. The fraction of sp³-hybridized carbons (Fsp3) is 0.519. The first kappa shape index (κ1) is 26.8. The van der Waals surface area contributed by atoms with E-state index in [1.165, 1.54) is 5.56 Å². The van der Waals surface area contributed by atoms with E-state index >= 15 is 0 Å². The second kappa shape index (κ2) is 11.1. The molecule has 1 unspecified atom stereocenters. The topological polar surface area (TPSA) is 93.6 Å². The molecule has 2 aromatic rings. The van der Waals surface area contributed by atoms with Crippen LogP contribution < -0.4 is 10.5 Å². The van der Waals surface area contributed by atoms with Crippen molar-refractivity contribution in [2.45, 2.75) is 50.9 Å². The molecular formula is C27H31Br2ClN4O3. The van der Waals surface area contributed by atoms with Crippen LogP contribution in [-0.4, -0.2) is 47.9 Å². The number of piperidine rings is 2. The SMILES string of the molecule is NC(=O)N1CCC(CC(=O)N2CCC(C3c4c(Br)cc(Cl)cc4CCc4cc(Br)c[n+]([O-])c43)CC2)CC1. The number of fused-ring (bicyclic) bond motifs is 2. The first-order valence-corrected chi connectivity index (χ1v) is 14.9. The highest BCUT2D eigenvalue weighted by Gasteiger charge is 2.40. The minimum atomic E-state index is -0.380. The Kier molecular flexibility index (Phi) is 8.03. The Hall–Kier alpha value is -1.84. The summed E-state index contributed by atoms with van der Waals surface area (Å²) in [6.45, 7) is 2.62. The van der Waals surface area contributed by atoms with Gasteiger partial charge < -0.3 is 20.7 Å².